The maximum absolute atomic E-state index is 12.8. The van der Waals surface area contributed by atoms with Gasteiger partial charge in [0.2, 0.25) is 0 Å². The van der Waals surface area contributed by atoms with Crippen LogP contribution in [0.25, 0.3) is 0 Å². The van der Waals surface area contributed by atoms with E-state index < -0.39 is 0 Å². The summed E-state index contributed by atoms with van der Waals surface area (Å²) in [7, 11) is 0. The number of hydrogen-bond donors (Lipinski definition) is 0. The SMILES string of the molecule is CC1(C)CC[C@@]2(C)CC=C3[C@]4(C)CC[C@@H]5C(C)(C)C(=O)C=C[C@@]5(C)[C@@H]4CC[C@@]3(C)[C@H]2C1. The Morgan fingerprint density at radius 2 is 1.39 bits per heavy atom. The first kappa shape index (κ1) is 22.0. The number of carbonyl (C=O) groups excluding carboxylic acids is 1. The standard InChI is InChI=1S/C30H46O/c1-25(2)17-18-27(5)13-9-21-29(7)14-10-20-26(3,4)24(31)12-16-28(20,6)22(29)11-15-30(21,8)23(27)19-25/h9,12,16,20,22-23H,10-11,13-15,17-19H2,1-8H3/t20-,22+,23+,27-,28-,29+,30-/m1/s1. The number of rotatable bonds is 0. The normalized spacial score (nSPS) is 52.3. The molecule has 31 heavy (non-hydrogen) atoms. The summed E-state index contributed by atoms with van der Waals surface area (Å²) >= 11 is 0. The van der Waals surface area contributed by atoms with Crippen molar-refractivity contribution >= 4 is 5.78 Å². The maximum Gasteiger partial charge on any atom is 0.161 e. The fourth-order valence-electron chi connectivity index (χ4n) is 10.2. The van der Waals surface area contributed by atoms with E-state index in [0.717, 1.165) is 5.92 Å². The van der Waals surface area contributed by atoms with E-state index in [4.69, 9.17) is 0 Å². The van der Waals surface area contributed by atoms with E-state index in [9.17, 15) is 4.79 Å². The molecule has 1 nitrogen and oxygen atoms in total. The van der Waals surface area contributed by atoms with Gasteiger partial charge in [0, 0.05) is 5.41 Å². The predicted molar refractivity (Wildman–Crippen MR) is 130 cm³/mol. The molecule has 0 unspecified atom stereocenters. The van der Waals surface area contributed by atoms with E-state index in [1.54, 1.807) is 0 Å². The molecule has 3 fully saturated rings. The summed E-state index contributed by atoms with van der Waals surface area (Å²) in [5.41, 5.74) is 3.33. The molecule has 0 aliphatic heterocycles. The summed E-state index contributed by atoms with van der Waals surface area (Å²) in [5, 5.41) is 0. The summed E-state index contributed by atoms with van der Waals surface area (Å²) in [6.07, 6.45) is 17.6. The number of ketones is 1. The quantitative estimate of drug-likeness (QED) is 0.360. The Kier molecular flexibility index (Phi) is 4.38. The predicted octanol–water partition coefficient (Wildman–Crippen LogP) is 8.15. The van der Waals surface area contributed by atoms with Crippen LogP contribution in [-0.4, -0.2) is 5.78 Å². The molecule has 0 saturated heterocycles. The molecular formula is C30H46O. The van der Waals surface area contributed by atoms with Crippen molar-refractivity contribution in [2.45, 2.75) is 107 Å². The minimum atomic E-state index is -0.224. The van der Waals surface area contributed by atoms with Gasteiger partial charge in [-0.15, -0.1) is 0 Å². The molecule has 5 aliphatic carbocycles. The molecule has 5 aliphatic rings. The van der Waals surface area contributed by atoms with Crippen LogP contribution in [0, 0.1) is 50.2 Å². The van der Waals surface area contributed by atoms with Crippen LogP contribution in [0.5, 0.6) is 0 Å². The van der Waals surface area contributed by atoms with Crippen molar-refractivity contribution in [1.82, 2.24) is 0 Å². The number of hydrogen-bond acceptors (Lipinski definition) is 1. The monoisotopic (exact) mass is 422 g/mol. The summed E-state index contributed by atoms with van der Waals surface area (Å²) in [6.45, 7) is 19.8. The first-order chi connectivity index (χ1) is 14.2. The van der Waals surface area contributed by atoms with Crippen LogP contribution in [-0.2, 0) is 4.79 Å². The molecule has 0 aromatic rings. The molecule has 7 atom stereocenters. The van der Waals surface area contributed by atoms with Gasteiger partial charge in [-0.1, -0.05) is 73.1 Å². The third-order valence-corrected chi connectivity index (χ3v) is 12.0. The molecule has 0 aromatic carbocycles. The van der Waals surface area contributed by atoms with Crippen molar-refractivity contribution in [3.05, 3.63) is 23.8 Å². The van der Waals surface area contributed by atoms with Crippen molar-refractivity contribution in [2.75, 3.05) is 0 Å². The van der Waals surface area contributed by atoms with Gasteiger partial charge in [0.1, 0.15) is 0 Å². The topological polar surface area (TPSA) is 17.1 Å². The lowest BCUT2D eigenvalue weighted by Gasteiger charge is -2.69. The van der Waals surface area contributed by atoms with Crippen LogP contribution in [0.2, 0.25) is 0 Å². The number of fused-ring (bicyclic) bond motifs is 7. The lowest BCUT2D eigenvalue weighted by molar-refractivity contribution is -0.145. The molecule has 0 bridgehead atoms. The van der Waals surface area contributed by atoms with Crippen molar-refractivity contribution in [1.29, 1.82) is 0 Å². The van der Waals surface area contributed by atoms with Crippen LogP contribution < -0.4 is 0 Å². The largest absolute Gasteiger partial charge is 0.294 e. The van der Waals surface area contributed by atoms with Crippen molar-refractivity contribution < 1.29 is 4.79 Å². The summed E-state index contributed by atoms with van der Waals surface area (Å²) in [6, 6.07) is 0. The molecule has 0 spiro atoms. The second-order valence-electron chi connectivity index (χ2n) is 14.7. The van der Waals surface area contributed by atoms with Crippen LogP contribution >= 0.6 is 0 Å². The molecule has 5 rings (SSSR count). The van der Waals surface area contributed by atoms with Crippen molar-refractivity contribution in [3.8, 4) is 0 Å². The van der Waals surface area contributed by atoms with Gasteiger partial charge in [0.15, 0.2) is 5.78 Å². The highest BCUT2D eigenvalue weighted by Gasteiger charge is 2.66. The summed E-state index contributed by atoms with van der Waals surface area (Å²) < 4.78 is 0. The summed E-state index contributed by atoms with van der Waals surface area (Å²) in [5.74, 6) is 2.29. The Hall–Kier alpha value is -0.850. The van der Waals surface area contributed by atoms with Gasteiger partial charge >= 0.3 is 0 Å². The average molecular weight is 423 g/mol. The molecule has 3 saturated carbocycles. The van der Waals surface area contributed by atoms with Crippen LogP contribution in [0.4, 0.5) is 0 Å². The van der Waals surface area contributed by atoms with Gasteiger partial charge in [-0.25, -0.2) is 0 Å². The molecule has 0 N–H and O–H groups in total. The molecule has 172 valence electrons. The molecule has 0 heterocycles. The highest BCUT2D eigenvalue weighted by molar-refractivity contribution is 5.95. The highest BCUT2D eigenvalue weighted by Crippen LogP contribution is 2.74. The Labute approximate surface area is 191 Å². The second-order valence-corrected chi connectivity index (χ2v) is 14.7. The number of allylic oxidation sites excluding steroid dienone is 4. The molecular weight excluding hydrogens is 376 g/mol. The number of carbonyl (C=O) groups is 1. The fourth-order valence-corrected chi connectivity index (χ4v) is 10.2. The van der Waals surface area contributed by atoms with Gasteiger partial charge in [-0.2, -0.15) is 0 Å². The lowest BCUT2D eigenvalue weighted by atomic mass is 9.35. The Morgan fingerprint density at radius 1 is 0.774 bits per heavy atom. The van der Waals surface area contributed by atoms with Crippen molar-refractivity contribution in [2.24, 2.45) is 50.2 Å². The first-order valence-electron chi connectivity index (χ1n) is 13.1. The third-order valence-electron chi connectivity index (χ3n) is 12.0. The smallest absolute Gasteiger partial charge is 0.161 e. The van der Waals surface area contributed by atoms with Crippen molar-refractivity contribution in [3.63, 3.8) is 0 Å². The average Bonchev–Trinajstić information content (AvgIpc) is 2.66. The molecule has 0 aromatic heterocycles. The van der Waals surface area contributed by atoms with Crippen LogP contribution in [0.1, 0.15) is 107 Å². The molecule has 1 heteroatoms. The van der Waals surface area contributed by atoms with Crippen LogP contribution in [0.15, 0.2) is 23.8 Å². The van der Waals surface area contributed by atoms with E-state index in [1.807, 2.05) is 11.6 Å². The zero-order valence-corrected chi connectivity index (χ0v) is 21.5. The maximum atomic E-state index is 12.8. The van der Waals surface area contributed by atoms with Gasteiger partial charge in [0.25, 0.3) is 0 Å². The highest BCUT2D eigenvalue weighted by atomic mass is 16.1. The molecule has 0 amide bonds. The second kappa shape index (κ2) is 6.18. The lowest BCUT2D eigenvalue weighted by Crippen LogP contribution is -2.61. The minimum absolute atomic E-state index is 0.138. The van der Waals surface area contributed by atoms with Gasteiger partial charge in [0.05, 0.1) is 0 Å². The zero-order chi connectivity index (χ0) is 22.7. The van der Waals surface area contributed by atoms with E-state index >= 15 is 0 Å². The van der Waals surface area contributed by atoms with Gasteiger partial charge in [-0.05, 0) is 102 Å². The fraction of sp³-hybridized carbons (Fsp3) is 0.833. The van der Waals surface area contributed by atoms with E-state index in [1.165, 1.54) is 51.4 Å². The van der Waals surface area contributed by atoms with E-state index in [-0.39, 0.29) is 16.2 Å². The van der Waals surface area contributed by atoms with Gasteiger partial charge in [-0.3, -0.25) is 4.79 Å². The third kappa shape index (κ3) is 2.70. The van der Waals surface area contributed by atoms with E-state index in [0.29, 0.717) is 33.9 Å². The van der Waals surface area contributed by atoms with Crippen LogP contribution in [0.3, 0.4) is 0 Å². The first-order valence-corrected chi connectivity index (χ1v) is 13.1. The van der Waals surface area contributed by atoms with Gasteiger partial charge < -0.3 is 0 Å². The minimum Gasteiger partial charge on any atom is -0.294 e. The Bertz CT molecular complexity index is 873. The summed E-state index contributed by atoms with van der Waals surface area (Å²) in [4.78, 5) is 12.8. The zero-order valence-electron chi connectivity index (χ0n) is 21.5. The Morgan fingerprint density at radius 3 is 2.06 bits per heavy atom. The Balaban J connectivity index is 1.59. The van der Waals surface area contributed by atoms with E-state index in [2.05, 4.69) is 67.5 Å². The molecule has 0 radical (unpaired) electrons.